The van der Waals surface area contributed by atoms with E-state index in [1.807, 2.05) is 50.2 Å². The van der Waals surface area contributed by atoms with Crippen molar-refractivity contribution in [1.82, 2.24) is 4.57 Å². The predicted molar refractivity (Wildman–Crippen MR) is 133 cm³/mol. The van der Waals surface area contributed by atoms with Crippen LogP contribution in [0.1, 0.15) is 70.4 Å². The average molecular weight is 458 g/mol. The minimum atomic E-state index is -0.415. The molecule has 0 aliphatic heterocycles. The van der Waals surface area contributed by atoms with Crippen molar-refractivity contribution in [2.24, 2.45) is 0 Å². The van der Waals surface area contributed by atoms with E-state index in [-0.39, 0.29) is 5.60 Å². The van der Waals surface area contributed by atoms with Crippen LogP contribution < -0.4 is 10.1 Å². The molecule has 2 saturated carbocycles. The summed E-state index contributed by atoms with van der Waals surface area (Å²) in [7, 11) is 0. The number of rotatable bonds is 6. The molecule has 6 heteroatoms. The maximum absolute atomic E-state index is 12.4. The van der Waals surface area contributed by atoms with Gasteiger partial charge < -0.3 is 14.0 Å². The molecule has 2 fully saturated rings. The van der Waals surface area contributed by atoms with E-state index in [4.69, 9.17) is 9.47 Å². The SMILES string of the molecule is CCOc1ccc2c(C#N)c(-c3ccc(NC(=O)OC4(C)CCCC4)cc3)n(C3CCC3)c2c1. The maximum Gasteiger partial charge on any atom is 0.412 e. The second-order valence-electron chi connectivity index (χ2n) is 9.65. The number of ether oxygens (including phenoxy) is 2. The van der Waals surface area contributed by atoms with Crippen molar-refractivity contribution in [1.29, 1.82) is 5.26 Å². The molecule has 0 radical (unpaired) electrons. The third-order valence-electron chi connectivity index (χ3n) is 7.24. The van der Waals surface area contributed by atoms with Gasteiger partial charge in [-0.25, -0.2) is 4.79 Å². The Morgan fingerprint density at radius 1 is 1.15 bits per heavy atom. The van der Waals surface area contributed by atoms with Crippen molar-refractivity contribution in [2.75, 3.05) is 11.9 Å². The Kier molecular flexibility index (Phi) is 5.95. The molecule has 2 aliphatic carbocycles. The van der Waals surface area contributed by atoms with Gasteiger partial charge in [0.25, 0.3) is 0 Å². The lowest BCUT2D eigenvalue weighted by molar-refractivity contribution is 0.0400. The van der Waals surface area contributed by atoms with E-state index in [1.165, 1.54) is 6.42 Å². The van der Waals surface area contributed by atoms with Crippen molar-refractivity contribution in [3.8, 4) is 23.1 Å². The molecule has 0 bridgehead atoms. The molecule has 0 atom stereocenters. The predicted octanol–water partition coefficient (Wildman–Crippen LogP) is 7.18. The van der Waals surface area contributed by atoms with Gasteiger partial charge in [-0.2, -0.15) is 5.26 Å². The van der Waals surface area contributed by atoms with Gasteiger partial charge in [-0.1, -0.05) is 12.1 Å². The second-order valence-corrected chi connectivity index (χ2v) is 9.65. The first-order valence-corrected chi connectivity index (χ1v) is 12.3. The van der Waals surface area contributed by atoms with Gasteiger partial charge in [0.2, 0.25) is 0 Å². The van der Waals surface area contributed by atoms with Crippen LogP contribution in [0.5, 0.6) is 5.75 Å². The third kappa shape index (κ3) is 4.11. The fourth-order valence-corrected chi connectivity index (χ4v) is 5.27. The molecule has 0 saturated heterocycles. The van der Waals surface area contributed by atoms with Crippen molar-refractivity contribution in [2.45, 2.75) is 70.4 Å². The van der Waals surface area contributed by atoms with Crippen LogP contribution in [-0.2, 0) is 4.74 Å². The number of carbonyl (C=O) groups is 1. The Hall–Kier alpha value is -3.46. The Morgan fingerprint density at radius 3 is 2.50 bits per heavy atom. The fourth-order valence-electron chi connectivity index (χ4n) is 5.27. The normalized spacial score (nSPS) is 17.2. The first kappa shape index (κ1) is 22.3. The molecule has 0 spiro atoms. The van der Waals surface area contributed by atoms with Gasteiger partial charge in [-0.05, 0) is 88.6 Å². The summed E-state index contributed by atoms with van der Waals surface area (Å²) in [6.07, 6.45) is 7.00. The summed E-state index contributed by atoms with van der Waals surface area (Å²) in [4.78, 5) is 12.4. The molecule has 6 nitrogen and oxygen atoms in total. The zero-order chi connectivity index (χ0) is 23.7. The molecule has 1 amide bonds. The maximum atomic E-state index is 12.4. The summed E-state index contributed by atoms with van der Waals surface area (Å²) >= 11 is 0. The van der Waals surface area contributed by atoms with Gasteiger partial charge in [0, 0.05) is 23.2 Å². The highest BCUT2D eigenvalue weighted by Crippen LogP contribution is 2.43. The number of aromatic nitrogens is 1. The van der Waals surface area contributed by atoms with E-state index in [0.29, 0.717) is 23.9 Å². The van der Waals surface area contributed by atoms with Crippen molar-refractivity contribution >= 4 is 22.7 Å². The summed E-state index contributed by atoms with van der Waals surface area (Å²) in [5, 5.41) is 13.9. The number of benzene rings is 2. The number of amides is 1. The summed E-state index contributed by atoms with van der Waals surface area (Å²) in [6.45, 7) is 4.58. The molecule has 1 aromatic heterocycles. The number of hydrogen-bond donors (Lipinski definition) is 1. The van der Waals surface area contributed by atoms with Gasteiger partial charge in [0.05, 0.1) is 23.4 Å². The molecule has 1 N–H and O–H groups in total. The van der Waals surface area contributed by atoms with E-state index in [9.17, 15) is 10.1 Å². The Morgan fingerprint density at radius 2 is 1.88 bits per heavy atom. The van der Waals surface area contributed by atoms with Crippen LogP contribution in [-0.4, -0.2) is 22.9 Å². The van der Waals surface area contributed by atoms with Crippen LogP contribution in [0.25, 0.3) is 22.2 Å². The second kappa shape index (κ2) is 9.06. The highest BCUT2D eigenvalue weighted by atomic mass is 16.6. The topological polar surface area (TPSA) is 76.3 Å². The summed E-state index contributed by atoms with van der Waals surface area (Å²) in [5.41, 5.74) is 3.93. The van der Waals surface area contributed by atoms with Crippen LogP contribution in [0.2, 0.25) is 0 Å². The smallest absolute Gasteiger partial charge is 0.412 e. The summed E-state index contributed by atoms with van der Waals surface area (Å²) in [5.74, 6) is 0.818. The first-order valence-electron chi connectivity index (χ1n) is 12.3. The Balaban J connectivity index is 1.47. The number of nitrogens with one attached hydrogen (secondary N) is 1. The van der Waals surface area contributed by atoms with E-state index >= 15 is 0 Å². The Bertz CT molecular complexity index is 1240. The molecular weight excluding hydrogens is 426 g/mol. The van der Waals surface area contributed by atoms with Gasteiger partial charge in [0.15, 0.2) is 0 Å². The number of nitriles is 1. The number of nitrogens with zero attached hydrogens (tertiary/aromatic N) is 2. The minimum Gasteiger partial charge on any atom is -0.494 e. The summed E-state index contributed by atoms with van der Waals surface area (Å²) < 4.78 is 13.8. The number of hydrogen-bond acceptors (Lipinski definition) is 4. The van der Waals surface area contributed by atoms with E-state index in [2.05, 4.69) is 22.0 Å². The average Bonchev–Trinajstić information content (AvgIpc) is 3.34. The lowest BCUT2D eigenvalue weighted by Gasteiger charge is -2.30. The highest BCUT2D eigenvalue weighted by molar-refractivity contribution is 5.96. The van der Waals surface area contributed by atoms with Gasteiger partial charge in [-0.3, -0.25) is 5.32 Å². The number of carbonyl (C=O) groups excluding carboxylic acids is 1. The largest absolute Gasteiger partial charge is 0.494 e. The first-order chi connectivity index (χ1) is 16.5. The third-order valence-corrected chi connectivity index (χ3v) is 7.24. The zero-order valence-corrected chi connectivity index (χ0v) is 19.9. The monoisotopic (exact) mass is 457 g/mol. The molecule has 0 unspecified atom stereocenters. The lowest BCUT2D eigenvalue weighted by Crippen LogP contribution is -2.30. The zero-order valence-electron chi connectivity index (χ0n) is 19.9. The molecule has 5 rings (SSSR count). The molecule has 176 valence electrons. The van der Waals surface area contributed by atoms with Gasteiger partial charge in [0.1, 0.15) is 17.4 Å². The number of fused-ring (bicyclic) bond motifs is 1. The van der Waals surface area contributed by atoms with Gasteiger partial charge in [-0.15, -0.1) is 0 Å². The molecule has 3 aromatic rings. The summed E-state index contributed by atoms with van der Waals surface area (Å²) in [6, 6.07) is 16.5. The van der Waals surface area contributed by atoms with Crippen LogP contribution in [0.15, 0.2) is 42.5 Å². The molecule has 2 aromatic carbocycles. The molecule has 2 aliphatic rings. The van der Waals surface area contributed by atoms with E-state index in [0.717, 1.165) is 66.4 Å². The van der Waals surface area contributed by atoms with Gasteiger partial charge >= 0.3 is 6.09 Å². The molecule has 34 heavy (non-hydrogen) atoms. The van der Waals surface area contributed by atoms with E-state index < -0.39 is 6.09 Å². The lowest BCUT2D eigenvalue weighted by atomic mass is 9.92. The van der Waals surface area contributed by atoms with Crippen LogP contribution >= 0.6 is 0 Å². The number of anilines is 1. The van der Waals surface area contributed by atoms with Crippen LogP contribution in [0.3, 0.4) is 0 Å². The standard InChI is InChI=1S/C28H31N3O3/c1-3-33-22-13-14-23-24(18-29)26(31(25(23)17-22)21-7-6-8-21)19-9-11-20(12-10-19)30-27(32)34-28(2)15-4-5-16-28/h9-14,17,21H,3-8,15-16H2,1-2H3,(H,30,32). The highest BCUT2D eigenvalue weighted by Gasteiger charge is 2.32. The van der Waals surface area contributed by atoms with Crippen LogP contribution in [0.4, 0.5) is 10.5 Å². The van der Waals surface area contributed by atoms with Crippen molar-refractivity contribution in [3.63, 3.8) is 0 Å². The van der Waals surface area contributed by atoms with E-state index in [1.54, 1.807) is 0 Å². The molecule has 1 heterocycles. The minimum absolute atomic E-state index is 0.365. The quantitative estimate of drug-likeness (QED) is 0.425. The van der Waals surface area contributed by atoms with Crippen LogP contribution in [0, 0.1) is 11.3 Å². The fraction of sp³-hybridized carbons (Fsp3) is 0.429. The molecular formula is C28H31N3O3. The Labute approximate surface area is 200 Å². The van der Waals surface area contributed by atoms with Crippen molar-refractivity contribution < 1.29 is 14.3 Å². The van der Waals surface area contributed by atoms with Crippen molar-refractivity contribution in [3.05, 3.63) is 48.0 Å².